The molecule has 0 radical (unpaired) electrons. The average molecular weight is 216 g/mol. The van der Waals surface area contributed by atoms with Gasteiger partial charge in [0.25, 0.3) is 0 Å². The summed E-state index contributed by atoms with van der Waals surface area (Å²) in [5, 5.41) is 3.36. The summed E-state index contributed by atoms with van der Waals surface area (Å²) in [7, 11) is 1.70. The number of benzene rings is 1. The summed E-state index contributed by atoms with van der Waals surface area (Å²) in [5.74, 6) is 0.954. The summed E-state index contributed by atoms with van der Waals surface area (Å²) >= 11 is 0. The summed E-state index contributed by atoms with van der Waals surface area (Å²) in [6.07, 6.45) is 0. The van der Waals surface area contributed by atoms with E-state index in [1.165, 1.54) is 5.56 Å². The first-order valence-corrected chi connectivity index (χ1v) is 4.59. The second-order valence-electron chi connectivity index (χ2n) is 3.35. The van der Waals surface area contributed by atoms with Crippen LogP contribution >= 0.6 is 12.4 Å². The quantitative estimate of drug-likeness (QED) is 0.834. The van der Waals surface area contributed by atoms with E-state index in [0.29, 0.717) is 6.04 Å². The fraction of sp³-hybridized carbons (Fsp3) is 0.455. The van der Waals surface area contributed by atoms with Crippen LogP contribution < -0.4 is 10.1 Å². The zero-order chi connectivity index (χ0) is 9.68. The van der Waals surface area contributed by atoms with Gasteiger partial charge >= 0.3 is 0 Å². The molecule has 0 aliphatic rings. The third kappa shape index (κ3) is 3.99. The lowest BCUT2D eigenvalue weighted by Gasteiger charge is -2.11. The van der Waals surface area contributed by atoms with Crippen LogP contribution in [-0.4, -0.2) is 13.2 Å². The van der Waals surface area contributed by atoms with Crippen molar-refractivity contribution in [3.05, 3.63) is 29.8 Å². The molecule has 0 saturated carbocycles. The van der Waals surface area contributed by atoms with E-state index >= 15 is 0 Å². The number of hydrogen-bond donors (Lipinski definition) is 1. The fourth-order valence-corrected chi connectivity index (χ4v) is 1.16. The molecule has 1 aromatic carbocycles. The van der Waals surface area contributed by atoms with Gasteiger partial charge in [-0.2, -0.15) is 0 Å². The lowest BCUT2D eigenvalue weighted by molar-refractivity contribution is 0.406. The first-order chi connectivity index (χ1) is 6.24. The van der Waals surface area contributed by atoms with E-state index < -0.39 is 0 Å². The van der Waals surface area contributed by atoms with Crippen molar-refractivity contribution >= 4 is 12.4 Å². The zero-order valence-electron chi connectivity index (χ0n) is 8.91. The molecule has 0 saturated heterocycles. The molecule has 1 N–H and O–H groups in total. The predicted octanol–water partition coefficient (Wildman–Crippen LogP) is 2.62. The Balaban J connectivity index is 0.00000169. The van der Waals surface area contributed by atoms with Gasteiger partial charge in [-0.1, -0.05) is 32.0 Å². The van der Waals surface area contributed by atoms with Gasteiger partial charge in [0.1, 0.15) is 5.75 Å². The molecule has 3 heteroatoms. The number of hydrogen-bond acceptors (Lipinski definition) is 2. The molecule has 0 fully saturated rings. The summed E-state index contributed by atoms with van der Waals surface area (Å²) < 4.78 is 5.24. The number of methoxy groups -OCH3 is 1. The van der Waals surface area contributed by atoms with Gasteiger partial charge in [-0.05, 0) is 6.07 Å². The first kappa shape index (κ1) is 13.3. The third-order valence-corrected chi connectivity index (χ3v) is 1.89. The molecule has 0 unspecified atom stereocenters. The molecule has 0 amide bonds. The van der Waals surface area contributed by atoms with Crippen molar-refractivity contribution in [2.45, 2.75) is 26.4 Å². The van der Waals surface area contributed by atoms with Crippen molar-refractivity contribution < 1.29 is 4.74 Å². The minimum absolute atomic E-state index is 0. The highest BCUT2D eigenvalue weighted by atomic mass is 35.5. The van der Waals surface area contributed by atoms with Crippen molar-refractivity contribution in [3.8, 4) is 5.75 Å². The number of rotatable bonds is 4. The van der Waals surface area contributed by atoms with Crippen LogP contribution in [0.3, 0.4) is 0 Å². The van der Waals surface area contributed by atoms with Gasteiger partial charge in [0.2, 0.25) is 0 Å². The van der Waals surface area contributed by atoms with Gasteiger partial charge in [-0.15, -0.1) is 12.4 Å². The number of para-hydroxylation sites is 1. The minimum atomic E-state index is 0. The Labute approximate surface area is 92.1 Å². The van der Waals surface area contributed by atoms with Crippen molar-refractivity contribution in [3.63, 3.8) is 0 Å². The van der Waals surface area contributed by atoms with E-state index in [9.17, 15) is 0 Å². The molecule has 0 aromatic heterocycles. The maximum atomic E-state index is 5.24. The van der Waals surface area contributed by atoms with Gasteiger partial charge in [-0.3, -0.25) is 0 Å². The Bertz CT molecular complexity index is 263. The third-order valence-electron chi connectivity index (χ3n) is 1.89. The standard InChI is InChI=1S/C11H17NO.ClH/c1-9(2)12-8-10-6-4-5-7-11(10)13-3;/h4-7,9,12H,8H2,1-3H3;1H. The Morgan fingerprint density at radius 1 is 1.29 bits per heavy atom. The minimum Gasteiger partial charge on any atom is -0.496 e. The van der Waals surface area contributed by atoms with Crippen molar-refractivity contribution in [2.75, 3.05) is 7.11 Å². The first-order valence-electron chi connectivity index (χ1n) is 4.59. The molecule has 0 aliphatic heterocycles. The van der Waals surface area contributed by atoms with Crippen LogP contribution in [0.1, 0.15) is 19.4 Å². The van der Waals surface area contributed by atoms with E-state index in [-0.39, 0.29) is 12.4 Å². The van der Waals surface area contributed by atoms with Crippen molar-refractivity contribution in [1.82, 2.24) is 5.32 Å². The molecule has 0 aliphatic carbocycles. The molecule has 1 aromatic rings. The number of ether oxygens (including phenoxy) is 1. The molecule has 0 atom stereocenters. The van der Waals surface area contributed by atoms with Crippen LogP contribution in [-0.2, 0) is 6.54 Å². The largest absolute Gasteiger partial charge is 0.496 e. The van der Waals surface area contributed by atoms with Gasteiger partial charge in [0.05, 0.1) is 7.11 Å². The Kier molecular flexibility index (Phi) is 6.34. The maximum Gasteiger partial charge on any atom is 0.123 e. The number of halogens is 1. The zero-order valence-corrected chi connectivity index (χ0v) is 9.73. The molecular weight excluding hydrogens is 198 g/mol. The van der Waals surface area contributed by atoms with Crippen LogP contribution in [0.15, 0.2) is 24.3 Å². The van der Waals surface area contributed by atoms with Gasteiger partial charge in [-0.25, -0.2) is 0 Å². The van der Waals surface area contributed by atoms with Crippen LogP contribution in [0, 0.1) is 0 Å². The second kappa shape index (κ2) is 6.68. The normalized spacial score (nSPS) is 9.71. The Hall–Kier alpha value is -0.730. The molecular formula is C11H18ClNO. The van der Waals surface area contributed by atoms with Crippen LogP contribution in [0.4, 0.5) is 0 Å². The monoisotopic (exact) mass is 215 g/mol. The van der Waals surface area contributed by atoms with E-state index in [0.717, 1.165) is 12.3 Å². The molecule has 1 rings (SSSR count). The highest BCUT2D eigenvalue weighted by molar-refractivity contribution is 5.85. The second-order valence-corrected chi connectivity index (χ2v) is 3.35. The van der Waals surface area contributed by atoms with Gasteiger partial charge in [0.15, 0.2) is 0 Å². The highest BCUT2D eigenvalue weighted by Gasteiger charge is 2.00. The molecule has 0 heterocycles. The smallest absolute Gasteiger partial charge is 0.123 e. The lowest BCUT2D eigenvalue weighted by Crippen LogP contribution is -2.22. The van der Waals surface area contributed by atoms with E-state index in [4.69, 9.17) is 4.74 Å². The summed E-state index contributed by atoms with van der Waals surface area (Å²) in [6, 6.07) is 8.58. The fourth-order valence-electron chi connectivity index (χ4n) is 1.16. The average Bonchev–Trinajstić information content (AvgIpc) is 2.15. The van der Waals surface area contributed by atoms with Crippen LogP contribution in [0.2, 0.25) is 0 Å². The van der Waals surface area contributed by atoms with Crippen molar-refractivity contribution in [1.29, 1.82) is 0 Å². The lowest BCUT2D eigenvalue weighted by atomic mass is 10.2. The van der Waals surface area contributed by atoms with Gasteiger partial charge in [0, 0.05) is 18.2 Å². The van der Waals surface area contributed by atoms with E-state index in [1.54, 1.807) is 7.11 Å². The molecule has 14 heavy (non-hydrogen) atoms. The van der Waals surface area contributed by atoms with E-state index in [1.807, 2.05) is 18.2 Å². The number of nitrogens with one attached hydrogen (secondary N) is 1. The Morgan fingerprint density at radius 3 is 2.50 bits per heavy atom. The van der Waals surface area contributed by atoms with Gasteiger partial charge < -0.3 is 10.1 Å². The predicted molar refractivity (Wildman–Crippen MR) is 62.2 cm³/mol. The summed E-state index contributed by atoms with van der Waals surface area (Å²) in [4.78, 5) is 0. The SMILES string of the molecule is COc1ccccc1CNC(C)C.Cl. The van der Waals surface area contributed by atoms with Crippen LogP contribution in [0.5, 0.6) is 5.75 Å². The van der Waals surface area contributed by atoms with Crippen LogP contribution in [0.25, 0.3) is 0 Å². The summed E-state index contributed by atoms with van der Waals surface area (Å²) in [5.41, 5.74) is 1.21. The Morgan fingerprint density at radius 2 is 1.93 bits per heavy atom. The molecule has 80 valence electrons. The van der Waals surface area contributed by atoms with Crippen molar-refractivity contribution in [2.24, 2.45) is 0 Å². The molecule has 0 bridgehead atoms. The topological polar surface area (TPSA) is 21.3 Å². The maximum absolute atomic E-state index is 5.24. The highest BCUT2D eigenvalue weighted by Crippen LogP contribution is 2.16. The molecule has 0 spiro atoms. The molecule has 2 nitrogen and oxygen atoms in total. The summed E-state index contributed by atoms with van der Waals surface area (Å²) in [6.45, 7) is 5.13. The van der Waals surface area contributed by atoms with E-state index in [2.05, 4.69) is 25.2 Å².